The van der Waals surface area contributed by atoms with Gasteiger partial charge in [-0.2, -0.15) is 0 Å². The minimum absolute atomic E-state index is 0.0114. The summed E-state index contributed by atoms with van der Waals surface area (Å²) in [6.45, 7) is 1.59. The summed E-state index contributed by atoms with van der Waals surface area (Å²) in [5.74, 6) is -1.19. The third kappa shape index (κ3) is 4.05. The molecule has 26 heavy (non-hydrogen) atoms. The van der Waals surface area contributed by atoms with Gasteiger partial charge in [0.2, 0.25) is 0 Å². The van der Waals surface area contributed by atoms with Crippen molar-refractivity contribution in [2.75, 3.05) is 0 Å². The number of thioether (sulfide) groups is 1. The van der Waals surface area contributed by atoms with Crippen LogP contribution in [0.3, 0.4) is 0 Å². The summed E-state index contributed by atoms with van der Waals surface area (Å²) in [5, 5.41) is 9.77. The maximum absolute atomic E-state index is 13.3. The fourth-order valence-electron chi connectivity index (χ4n) is 2.40. The SMILES string of the molecule is Cc1nc(-c2ccc(F)cc2)nc(SCc2cccc(F)c2)c1C(=O)O. The Hall–Kier alpha value is -2.80. The van der Waals surface area contributed by atoms with Crippen LogP contribution < -0.4 is 0 Å². The molecule has 0 aliphatic heterocycles. The van der Waals surface area contributed by atoms with Crippen molar-refractivity contribution in [1.29, 1.82) is 0 Å². The number of benzene rings is 2. The molecule has 3 aromatic rings. The van der Waals surface area contributed by atoms with Gasteiger partial charge in [0.1, 0.15) is 22.2 Å². The number of hydrogen-bond donors (Lipinski definition) is 1. The van der Waals surface area contributed by atoms with Crippen LogP contribution in [0.15, 0.2) is 53.6 Å². The highest BCUT2D eigenvalue weighted by molar-refractivity contribution is 7.98. The van der Waals surface area contributed by atoms with Gasteiger partial charge in [0.05, 0.1) is 5.69 Å². The Morgan fingerprint density at radius 2 is 1.81 bits per heavy atom. The molecule has 0 aliphatic rings. The van der Waals surface area contributed by atoms with E-state index in [0.29, 0.717) is 28.4 Å². The van der Waals surface area contributed by atoms with Gasteiger partial charge in [-0.05, 0) is 48.9 Å². The van der Waals surface area contributed by atoms with Gasteiger partial charge in [-0.3, -0.25) is 0 Å². The number of aromatic carboxylic acids is 1. The lowest BCUT2D eigenvalue weighted by Gasteiger charge is -2.10. The minimum atomic E-state index is -1.13. The van der Waals surface area contributed by atoms with Crippen molar-refractivity contribution in [3.05, 3.63) is 77.0 Å². The van der Waals surface area contributed by atoms with Crippen LogP contribution in [-0.4, -0.2) is 21.0 Å². The number of carbonyl (C=O) groups is 1. The predicted octanol–water partition coefficient (Wildman–Crippen LogP) is 4.72. The first kappa shape index (κ1) is 18.0. The summed E-state index contributed by atoms with van der Waals surface area (Å²) in [6.07, 6.45) is 0. The van der Waals surface area contributed by atoms with E-state index in [9.17, 15) is 18.7 Å². The van der Waals surface area contributed by atoms with E-state index in [-0.39, 0.29) is 22.2 Å². The van der Waals surface area contributed by atoms with Gasteiger partial charge < -0.3 is 5.11 Å². The Morgan fingerprint density at radius 1 is 1.08 bits per heavy atom. The first-order chi connectivity index (χ1) is 12.4. The summed E-state index contributed by atoms with van der Waals surface area (Å²) in [5.41, 5.74) is 1.62. The minimum Gasteiger partial charge on any atom is -0.478 e. The molecule has 0 bridgehead atoms. The van der Waals surface area contributed by atoms with E-state index in [4.69, 9.17) is 0 Å². The Kier molecular flexibility index (Phi) is 5.27. The van der Waals surface area contributed by atoms with Crippen molar-refractivity contribution in [2.45, 2.75) is 17.7 Å². The van der Waals surface area contributed by atoms with Gasteiger partial charge >= 0.3 is 5.97 Å². The lowest BCUT2D eigenvalue weighted by molar-refractivity contribution is 0.0690. The maximum atomic E-state index is 13.3. The van der Waals surface area contributed by atoms with Crippen LogP contribution in [0.4, 0.5) is 8.78 Å². The molecule has 0 amide bonds. The smallest absolute Gasteiger partial charge is 0.340 e. The number of aryl methyl sites for hydroxylation is 1. The molecular weight excluding hydrogens is 358 g/mol. The molecule has 2 aromatic carbocycles. The standard InChI is InChI=1S/C19H14F2N2O2S/c1-11-16(19(24)25)18(26-10-12-3-2-4-15(21)9-12)23-17(22-11)13-5-7-14(20)8-6-13/h2-9H,10H2,1H3,(H,24,25). The molecule has 0 unspecified atom stereocenters. The fraction of sp³-hybridized carbons (Fsp3) is 0.105. The molecule has 1 aromatic heterocycles. The number of nitrogens with zero attached hydrogens (tertiary/aromatic N) is 2. The molecule has 7 heteroatoms. The molecular formula is C19H14F2N2O2S. The number of halogens is 2. The van der Waals surface area contributed by atoms with Gasteiger partial charge in [-0.1, -0.05) is 12.1 Å². The van der Waals surface area contributed by atoms with Crippen molar-refractivity contribution < 1.29 is 18.7 Å². The zero-order valence-corrected chi connectivity index (χ0v) is 14.6. The van der Waals surface area contributed by atoms with Crippen LogP contribution in [-0.2, 0) is 5.75 Å². The third-order valence-corrected chi connectivity index (χ3v) is 4.68. The molecule has 0 saturated heterocycles. The normalized spacial score (nSPS) is 10.7. The number of carboxylic acid groups (broad SMARTS) is 1. The van der Waals surface area contributed by atoms with Gasteiger partial charge in [-0.25, -0.2) is 23.5 Å². The van der Waals surface area contributed by atoms with E-state index in [2.05, 4.69) is 9.97 Å². The summed E-state index contributed by atoms with van der Waals surface area (Å²) < 4.78 is 26.4. The summed E-state index contributed by atoms with van der Waals surface area (Å²) in [6, 6.07) is 11.7. The quantitative estimate of drug-likeness (QED) is 0.519. The van der Waals surface area contributed by atoms with E-state index in [1.54, 1.807) is 19.1 Å². The molecule has 132 valence electrons. The molecule has 0 atom stereocenters. The summed E-state index contributed by atoms with van der Waals surface area (Å²) in [7, 11) is 0. The molecule has 0 fully saturated rings. The molecule has 1 N–H and O–H groups in total. The average Bonchev–Trinajstić information content (AvgIpc) is 2.60. The second-order valence-corrected chi connectivity index (χ2v) is 6.51. The lowest BCUT2D eigenvalue weighted by atomic mass is 10.2. The number of hydrogen-bond acceptors (Lipinski definition) is 4. The molecule has 0 saturated carbocycles. The molecule has 0 spiro atoms. The van der Waals surface area contributed by atoms with Gasteiger partial charge in [0.15, 0.2) is 5.82 Å². The Balaban J connectivity index is 1.98. The molecule has 3 rings (SSSR count). The van der Waals surface area contributed by atoms with E-state index in [0.717, 1.165) is 0 Å². The first-order valence-electron chi connectivity index (χ1n) is 7.69. The first-order valence-corrected chi connectivity index (χ1v) is 8.67. The van der Waals surface area contributed by atoms with E-state index >= 15 is 0 Å². The van der Waals surface area contributed by atoms with Crippen LogP contribution in [0, 0.1) is 18.6 Å². The number of carboxylic acids is 1. The highest BCUT2D eigenvalue weighted by atomic mass is 32.2. The topological polar surface area (TPSA) is 63.1 Å². The maximum Gasteiger partial charge on any atom is 0.340 e. The third-order valence-electron chi connectivity index (χ3n) is 3.64. The van der Waals surface area contributed by atoms with Gasteiger partial charge in [-0.15, -0.1) is 11.8 Å². The zero-order chi connectivity index (χ0) is 18.7. The van der Waals surface area contributed by atoms with Gasteiger partial charge in [0, 0.05) is 11.3 Å². The van der Waals surface area contributed by atoms with Crippen molar-refractivity contribution in [3.63, 3.8) is 0 Å². The van der Waals surface area contributed by atoms with Crippen molar-refractivity contribution in [3.8, 4) is 11.4 Å². The van der Waals surface area contributed by atoms with Crippen LogP contribution in [0.1, 0.15) is 21.6 Å². The highest BCUT2D eigenvalue weighted by Crippen LogP contribution is 2.29. The van der Waals surface area contributed by atoms with Crippen molar-refractivity contribution in [1.82, 2.24) is 9.97 Å². The van der Waals surface area contributed by atoms with Crippen molar-refractivity contribution in [2.24, 2.45) is 0 Å². The zero-order valence-electron chi connectivity index (χ0n) is 13.7. The molecule has 0 aliphatic carbocycles. The Labute approximate surface area is 152 Å². The van der Waals surface area contributed by atoms with Crippen LogP contribution in [0.25, 0.3) is 11.4 Å². The monoisotopic (exact) mass is 372 g/mol. The lowest BCUT2D eigenvalue weighted by Crippen LogP contribution is -2.08. The number of aromatic nitrogens is 2. The largest absolute Gasteiger partial charge is 0.478 e. The van der Waals surface area contributed by atoms with Crippen molar-refractivity contribution >= 4 is 17.7 Å². The molecule has 0 radical (unpaired) electrons. The molecule has 1 heterocycles. The second kappa shape index (κ2) is 7.61. The van der Waals surface area contributed by atoms with Gasteiger partial charge in [0.25, 0.3) is 0 Å². The second-order valence-electron chi connectivity index (χ2n) is 5.54. The Bertz CT molecular complexity index is 962. The average molecular weight is 372 g/mol. The molecule has 4 nitrogen and oxygen atoms in total. The highest BCUT2D eigenvalue weighted by Gasteiger charge is 2.19. The van der Waals surface area contributed by atoms with E-state index in [1.165, 1.54) is 48.2 Å². The van der Waals surface area contributed by atoms with E-state index < -0.39 is 5.97 Å². The summed E-state index contributed by atoms with van der Waals surface area (Å²) >= 11 is 1.19. The fourth-order valence-corrected chi connectivity index (χ4v) is 3.42. The predicted molar refractivity (Wildman–Crippen MR) is 95.1 cm³/mol. The number of rotatable bonds is 5. The summed E-state index contributed by atoms with van der Waals surface area (Å²) in [4.78, 5) is 20.2. The Morgan fingerprint density at radius 3 is 2.46 bits per heavy atom. The van der Waals surface area contributed by atoms with Crippen LogP contribution >= 0.6 is 11.8 Å². The van der Waals surface area contributed by atoms with E-state index in [1.807, 2.05) is 0 Å². The van der Waals surface area contributed by atoms with Crippen LogP contribution in [0.2, 0.25) is 0 Å². The van der Waals surface area contributed by atoms with Crippen LogP contribution in [0.5, 0.6) is 0 Å².